The van der Waals surface area contributed by atoms with E-state index in [1.807, 2.05) is 36.2 Å². The predicted octanol–water partition coefficient (Wildman–Crippen LogP) is 1.80. The van der Waals surface area contributed by atoms with Gasteiger partial charge in [-0.15, -0.1) is 0 Å². The van der Waals surface area contributed by atoms with Gasteiger partial charge in [-0.05, 0) is 48.8 Å². The topological polar surface area (TPSA) is 75.9 Å². The van der Waals surface area contributed by atoms with E-state index in [1.165, 1.54) is 0 Å². The maximum absolute atomic E-state index is 13.4. The lowest BCUT2D eigenvalue weighted by Gasteiger charge is -2.40. The summed E-state index contributed by atoms with van der Waals surface area (Å²) in [7, 11) is 3.44. The Morgan fingerprint density at radius 1 is 1.15 bits per heavy atom. The normalized spacial score (nSPS) is 33.3. The molecular formula is C21H29N3O3. The van der Waals surface area contributed by atoms with Crippen LogP contribution in [0.5, 0.6) is 5.75 Å². The number of carbonyl (C=O) groups excluding carboxylic acids is 2. The Morgan fingerprint density at radius 2 is 1.89 bits per heavy atom. The molecule has 2 amide bonds. The first-order chi connectivity index (χ1) is 13.0. The quantitative estimate of drug-likeness (QED) is 0.879. The van der Waals surface area contributed by atoms with E-state index in [0.717, 1.165) is 37.2 Å². The van der Waals surface area contributed by atoms with E-state index in [2.05, 4.69) is 0 Å². The number of hydrogen-bond acceptors (Lipinski definition) is 4. The van der Waals surface area contributed by atoms with Gasteiger partial charge < -0.3 is 20.3 Å². The minimum Gasteiger partial charge on any atom is -0.497 e. The Kier molecular flexibility index (Phi) is 4.84. The van der Waals surface area contributed by atoms with Gasteiger partial charge in [-0.2, -0.15) is 0 Å². The highest BCUT2D eigenvalue weighted by Gasteiger charge is 2.46. The van der Waals surface area contributed by atoms with Crippen LogP contribution in [0.1, 0.15) is 37.3 Å². The van der Waals surface area contributed by atoms with E-state index in [1.54, 1.807) is 12.0 Å². The third kappa shape index (κ3) is 3.20. The molecule has 3 aliphatic rings. The van der Waals surface area contributed by atoms with Gasteiger partial charge in [0.05, 0.1) is 19.1 Å². The van der Waals surface area contributed by atoms with Crippen molar-refractivity contribution in [2.75, 3.05) is 27.2 Å². The molecule has 6 heteroatoms. The maximum Gasteiger partial charge on any atom is 0.228 e. The van der Waals surface area contributed by atoms with Crippen molar-refractivity contribution in [3.05, 3.63) is 29.8 Å². The minimum atomic E-state index is -0.223. The summed E-state index contributed by atoms with van der Waals surface area (Å²) in [5.74, 6) is 1.84. The second-order valence-corrected chi connectivity index (χ2v) is 8.28. The second kappa shape index (κ2) is 7.15. The van der Waals surface area contributed by atoms with Crippen molar-refractivity contribution < 1.29 is 14.3 Å². The smallest absolute Gasteiger partial charge is 0.228 e. The van der Waals surface area contributed by atoms with Gasteiger partial charge in [0.25, 0.3) is 0 Å². The highest BCUT2D eigenvalue weighted by atomic mass is 16.5. The number of hydrogen-bond donors (Lipinski definition) is 1. The summed E-state index contributed by atoms with van der Waals surface area (Å²) in [6.07, 6.45) is 3.24. The standard InChI is InChI=1S/C21H29N3O3/c1-23-19(25)10-8-16(20(23)13-3-6-15(27-2)7-4-13)21(26)24-11-14-5-9-18(22)17(14)12-24/h3-4,6-7,14,16-18,20H,5,8-12,22H2,1-2H3. The number of benzene rings is 1. The van der Waals surface area contributed by atoms with Crippen LogP contribution in [0.2, 0.25) is 0 Å². The summed E-state index contributed by atoms with van der Waals surface area (Å²) in [6.45, 7) is 1.59. The number of nitrogens with zero attached hydrogens (tertiary/aromatic N) is 2. The lowest BCUT2D eigenvalue weighted by molar-refractivity contribution is -0.146. The highest BCUT2D eigenvalue weighted by Crippen LogP contribution is 2.41. The lowest BCUT2D eigenvalue weighted by atomic mass is 9.83. The number of piperidine rings is 1. The first-order valence-corrected chi connectivity index (χ1v) is 9.93. The molecule has 1 aromatic rings. The minimum absolute atomic E-state index is 0.0974. The van der Waals surface area contributed by atoms with Gasteiger partial charge >= 0.3 is 0 Å². The molecule has 2 N–H and O–H groups in total. The molecular weight excluding hydrogens is 342 g/mol. The predicted molar refractivity (Wildman–Crippen MR) is 102 cm³/mol. The monoisotopic (exact) mass is 371 g/mol. The van der Waals surface area contributed by atoms with Gasteiger partial charge in [0.1, 0.15) is 5.75 Å². The molecule has 2 aliphatic heterocycles. The third-order valence-corrected chi connectivity index (χ3v) is 6.86. The molecule has 1 aromatic carbocycles. The Bertz CT molecular complexity index is 720. The molecule has 5 atom stereocenters. The van der Waals surface area contributed by atoms with Crippen LogP contribution < -0.4 is 10.5 Å². The molecule has 2 saturated heterocycles. The zero-order chi connectivity index (χ0) is 19.1. The summed E-state index contributed by atoms with van der Waals surface area (Å²) >= 11 is 0. The summed E-state index contributed by atoms with van der Waals surface area (Å²) in [5, 5.41) is 0. The van der Waals surface area contributed by atoms with Crippen LogP contribution in [0.15, 0.2) is 24.3 Å². The van der Waals surface area contributed by atoms with E-state index in [9.17, 15) is 9.59 Å². The molecule has 27 heavy (non-hydrogen) atoms. The zero-order valence-corrected chi connectivity index (χ0v) is 16.1. The second-order valence-electron chi connectivity index (χ2n) is 8.28. The molecule has 1 aliphatic carbocycles. The summed E-state index contributed by atoms with van der Waals surface area (Å²) in [4.78, 5) is 29.5. The van der Waals surface area contributed by atoms with Gasteiger partial charge in [0.15, 0.2) is 0 Å². The first kappa shape index (κ1) is 18.3. The summed E-state index contributed by atoms with van der Waals surface area (Å²) in [6, 6.07) is 7.72. The zero-order valence-electron chi connectivity index (χ0n) is 16.1. The van der Waals surface area contributed by atoms with Crippen LogP contribution in [0, 0.1) is 17.8 Å². The SMILES string of the molecule is COc1ccc(C2C(C(=O)N3CC4CCC(N)C4C3)CCC(=O)N2C)cc1. The van der Waals surface area contributed by atoms with Crippen LogP contribution in [0.3, 0.4) is 0 Å². The molecule has 0 aromatic heterocycles. The van der Waals surface area contributed by atoms with E-state index in [0.29, 0.717) is 24.7 Å². The number of amides is 2. The largest absolute Gasteiger partial charge is 0.497 e. The van der Waals surface area contributed by atoms with Gasteiger partial charge in [-0.25, -0.2) is 0 Å². The van der Waals surface area contributed by atoms with Crippen LogP contribution in [0.25, 0.3) is 0 Å². The van der Waals surface area contributed by atoms with Gasteiger partial charge in [0.2, 0.25) is 11.8 Å². The van der Waals surface area contributed by atoms with E-state index in [4.69, 9.17) is 10.5 Å². The van der Waals surface area contributed by atoms with Crippen LogP contribution in [0.4, 0.5) is 0 Å². The Morgan fingerprint density at radius 3 is 2.56 bits per heavy atom. The number of carbonyl (C=O) groups is 2. The Balaban J connectivity index is 1.57. The Hall–Kier alpha value is -2.08. The van der Waals surface area contributed by atoms with E-state index < -0.39 is 0 Å². The van der Waals surface area contributed by atoms with Crippen molar-refractivity contribution >= 4 is 11.8 Å². The maximum atomic E-state index is 13.4. The van der Waals surface area contributed by atoms with Gasteiger partial charge in [0, 0.05) is 32.6 Å². The van der Waals surface area contributed by atoms with Crippen LogP contribution in [-0.4, -0.2) is 54.9 Å². The van der Waals surface area contributed by atoms with Crippen molar-refractivity contribution in [3.63, 3.8) is 0 Å². The molecule has 0 bridgehead atoms. The van der Waals surface area contributed by atoms with Crippen molar-refractivity contribution in [2.24, 2.45) is 23.5 Å². The van der Waals surface area contributed by atoms with Crippen molar-refractivity contribution in [3.8, 4) is 5.75 Å². The van der Waals surface area contributed by atoms with E-state index in [-0.39, 0.29) is 29.8 Å². The Labute approximate surface area is 160 Å². The molecule has 5 unspecified atom stereocenters. The van der Waals surface area contributed by atoms with Crippen LogP contribution >= 0.6 is 0 Å². The molecule has 4 rings (SSSR count). The van der Waals surface area contributed by atoms with Gasteiger partial charge in [-0.1, -0.05) is 12.1 Å². The highest BCUT2D eigenvalue weighted by molar-refractivity contribution is 5.85. The number of fused-ring (bicyclic) bond motifs is 1. The molecule has 1 saturated carbocycles. The molecule has 146 valence electrons. The number of likely N-dealkylation sites (tertiary alicyclic amines) is 2. The van der Waals surface area contributed by atoms with Gasteiger partial charge in [-0.3, -0.25) is 9.59 Å². The molecule has 0 spiro atoms. The molecule has 0 radical (unpaired) electrons. The summed E-state index contributed by atoms with van der Waals surface area (Å²) in [5.41, 5.74) is 7.23. The number of ether oxygens (including phenoxy) is 1. The van der Waals surface area contributed by atoms with E-state index >= 15 is 0 Å². The summed E-state index contributed by atoms with van der Waals surface area (Å²) < 4.78 is 5.24. The first-order valence-electron chi connectivity index (χ1n) is 9.93. The van der Waals surface area contributed by atoms with Crippen molar-refractivity contribution in [1.82, 2.24) is 9.80 Å². The molecule has 3 fully saturated rings. The fourth-order valence-electron chi connectivity index (χ4n) is 5.28. The fourth-order valence-corrected chi connectivity index (χ4v) is 5.28. The molecule has 2 heterocycles. The fraction of sp³-hybridized carbons (Fsp3) is 0.619. The number of rotatable bonds is 3. The van der Waals surface area contributed by atoms with Crippen molar-refractivity contribution in [2.45, 2.75) is 37.8 Å². The number of methoxy groups -OCH3 is 1. The molecule has 6 nitrogen and oxygen atoms in total. The average molecular weight is 371 g/mol. The van der Waals surface area contributed by atoms with Crippen LogP contribution in [-0.2, 0) is 9.59 Å². The number of nitrogens with two attached hydrogens (primary N) is 1. The third-order valence-electron chi connectivity index (χ3n) is 6.86. The average Bonchev–Trinajstić information content (AvgIpc) is 3.26. The lowest BCUT2D eigenvalue weighted by Crippen LogP contribution is -2.47. The van der Waals surface area contributed by atoms with Crippen molar-refractivity contribution in [1.29, 1.82) is 0 Å².